The summed E-state index contributed by atoms with van der Waals surface area (Å²) in [6, 6.07) is 14.5. The highest BCUT2D eigenvalue weighted by Gasteiger charge is 2.10. The van der Waals surface area contributed by atoms with E-state index in [1.165, 1.54) is 17.7 Å². The molecule has 0 saturated carbocycles. The lowest BCUT2D eigenvalue weighted by molar-refractivity contribution is 0.626. The Morgan fingerprint density at radius 2 is 1.76 bits per heavy atom. The van der Waals surface area contributed by atoms with Gasteiger partial charge < -0.3 is 0 Å². The largest absolute Gasteiger partial charge is 0.207 e. The SMILES string of the molecule is CCc1ccc(C(Cl)c2cccc(F)c2)cc1. The van der Waals surface area contributed by atoms with E-state index in [-0.39, 0.29) is 11.2 Å². The van der Waals surface area contributed by atoms with Gasteiger partial charge in [0, 0.05) is 0 Å². The number of benzene rings is 2. The number of aryl methyl sites for hydroxylation is 1. The van der Waals surface area contributed by atoms with Gasteiger partial charge in [0.15, 0.2) is 0 Å². The van der Waals surface area contributed by atoms with Gasteiger partial charge in [-0.25, -0.2) is 4.39 Å². The van der Waals surface area contributed by atoms with Crippen molar-refractivity contribution in [1.29, 1.82) is 0 Å². The average Bonchev–Trinajstić information content (AvgIpc) is 2.38. The fraction of sp³-hybridized carbons (Fsp3) is 0.200. The third-order valence-corrected chi connectivity index (χ3v) is 3.33. The third-order valence-electron chi connectivity index (χ3n) is 2.82. The number of hydrogen-bond donors (Lipinski definition) is 0. The maximum absolute atomic E-state index is 13.1. The highest BCUT2D eigenvalue weighted by molar-refractivity contribution is 6.22. The zero-order valence-corrected chi connectivity index (χ0v) is 10.4. The van der Waals surface area contributed by atoms with Crippen molar-refractivity contribution < 1.29 is 4.39 Å². The van der Waals surface area contributed by atoms with Gasteiger partial charge in [0.25, 0.3) is 0 Å². The Morgan fingerprint density at radius 3 is 2.35 bits per heavy atom. The van der Waals surface area contributed by atoms with Gasteiger partial charge in [-0.15, -0.1) is 11.6 Å². The van der Waals surface area contributed by atoms with E-state index in [1.54, 1.807) is 6.07 Å². The smallest absolute Gasteiger partial charge is 0.123 e. The molecule has 2 rings (SSSR count). The van der Waals surface area contributed by atoms with Crippen molar-refractivity contribution in [1.82, 2.24) is 0 Å². The van der Waals surface area contributed by atoms with Crippen LogP contribution in [0.25, 0.3) is 0 Å². The minimum Gasteiger partial charge on any atom is -0.207 e. The van der Waals surface area contributed by atoms with Crippen molar-refractivity contribution in [2.45, 2.75) is 18.7 Å². The molecule has 2 aromatic rings. The normalized spacial score (nSPS) is 12.4. The minimum atomic E-state index is -0.295. The second-order valence-corrected chi connectivity index (χ2v) is 4.45. The van der Waals surface area contributed by atoms with Crippen LogP contribution in [-0.4, -0.2) is 0 Å². The molecule has 88 valence electrons. The van der Waals surface area contributed by atoms with E-state index in [0.717, 1.165) is 17.5 Å². The van der Waals surface area contributed by atoms with Crippen LogP contribution in [0.2, 0.25) is 0 Å². The molecule has 1 unspecified atom stereocenters. The highest BCUT2D eigenvalue weighted by Crippen LogP contribution is 2.29. The van der Waals surface area contributed by atoms with Gasteiger partial charge in [-0.2, -0.15) is 0 Å². The maximum Gasteiger partial charge on any atom is 0.123 e. The monoisotopic (exact) mass is 248 g/mol. The Hall–Kier alpha value is -1.34. The molecule has 2 aromatic carbocycles. The van der Waals surface area contributed by atoms with Crippen molar-refractivity contribution in [2.24, 2.45) is 0 Å². The first kappa shape index (κ1) is 12.1. The van der Waals surface area contributed by atoms with Crippen molar-refractivity contribution in [3.63, 3.8) is 0 Å². The van der Waals surface area contributed by atoms with Gasteiger partial charge in [-0.3, -0.25) is 0 Å². The summed E-state index contributed by atoms with van der Waals surface area (Å²) in [4.78, 5) is 0. The van der Waals surface area contributed by atoms with E-state index in [4.69, 9.17) is 11.6 Å². The third kappa shape index (κ3) is 2.86. The molecule has 0 heterocycles. The van der Waals surface area contributed by atoms with E-state index in [0.29, 0.717) is 0 Å². The molecule has 2 heteroatoms. The zero-order chi connectivity index (χ0) is 12.3. The van der Waals surface area contributed by atoms with Crippen LogP contribution in [0.15, 0.2) is 48.5 Å². The van der Waals surface area contributed by atoms with Crippen LogP contribution in [0.1, 0.15) is 29.0 Å². The first-order valence-electron chi connectivity index (χ1n) is 5.69. The lowest BCUT2D eigenvalue weighted by Gasteiger charge is -2.11. The average molecular weight is 249 g/mol. The van der Waals surface area contributed by atoms with Crippen molar-refractivity contribution in [2.75, 3.05) is 0 Å². The number of halogens is 2. The van der Waals surface area contributed by atoms with Crippen LogP contribution in [0, 0.1) is 5.82 Å². The zero-order valence-electron chi connectivity index (χ0n) is 9.66. The van der Waals surface area contributed by atoms with Gasteiger partial charge in [0.1, 0.15) is 5.82 Å². The Balaban J connectivity index is 2.27. The number of hydrogen-bond acceptors (Lipinski definition) is 0. The van der Waals surface area contributed by atoms with Crippen LogP contribution in [0.4, 0.5) is 4.39 Å². The molecule has 0 amide bonds. The van der Waals surface area contributed by atoms with Crippen LogP contribution in [0.5, 0.6) is 0 Å². The van der Waals surface area contributed by atoms with Crippen molar-refractivity contribution in [3.05, 3.63) is 71.0 Å². The fourth-order valence-corrected chi connectivity index (χ4v) is 2.06. The first-order chi connectivity index (χ1) is 8.20. The summed E-state index contributed by atoms with van der Waals surface area (Å²) in [6.45, 7) is 2.11. The molecule has 0 aliphatic rings. The summed E-state index contributed by atoms with van der Waals surface area (Å²) in [5.41, 5.74) is 3.06. The van der Waals surface area contributed by atoms with E-state index < -0.39 is 0 Å². The van der Waals surface area contributed by atoms with E-state index in [2.05, 4.69) is 19.1 Å². The van der Waals surface area contributed by atoms with Crippen LogP contribution in [-0.2, 0) is 6.42 Å². The summed E-state index contributed by atoms with van der Waals surface area (Å²) in [5, 5.41) is -0.295. The molecule has 0 radical (unpaired) electrons. The predicted molar refractivity (Wildman–Crippen MR) is 69.9 cm³/mol. The predicted octanol–water partition coefficient (Wildman–Crippen LogP) is 4.72. The molecule has 0 spiro atoms. The highest BCUT2D eigenvalue weighted by atomic mass is 35.5. The fourth-order valence-electron chi connectivity index (χ4n) is 1.78. The van der Waals surface area contributed by atoms with Gasteiger partial charge in [0.05, 0.1) is 5.38 Å². The van der Waals surface area contributed by atoms with Gasteiger partial charge in [-0.1, -0.05) is 43.3 Å². The molecular weight excluding hydrogens is 235 g/mol. The molecule has 17 heavy (non-hydrogen) atoms. The van der Waals surface area contributed by atoms with E-state index in [9.17, 15) is 4.39 Å². The molecule has 0 aliphatic carbocycles. The molecule has 0 saturated heterocycles. The summed E-state index contributed by atoms with van der Waals surface area (Å²) < 4.78 is 13.1. The summed E-state index contributed by atoms with van der Waals surface area (Å²) in [6.07, 6.45) is 1.01. The molecule has 0 N–H and O–H groups in total. The maximum atomic E-state index is 13.1. The second-order valence-electron chi connectivity index (χ2n) is 4.01. The number of rotatable bonds is 3. The second kappa shape index (κ2) is 5.33. The van der Waals surface area contributed by atoms with Crippen LogP contribution < -0.4 is 0 Å². The standard InChI is InChI=1S/C15H14ClF/c1-2-11-6-8-12(9-7-11)15(16)13-4-3-5-14(17)10-13/h3-10,15H,2H2,1H3. The van der Waals surface area contributed by atoms with Gasteiger partial charge >= 0.3 is 0 Å². The summed E-state index contributed by atoms with van der Waals surface area (Å²) in [7, 11) is 0. The van der Waals surface area contributed by atoms with Crippen molar-refractivity contribution in [3.8, 4) is 0 Å². The van der Waals surface area contributed by atoms with Gasteiger partial charge in [-0.05, 0) is 35.2 Å². The molecule has 0 nitrogen and oxygen atoms in total. The molecule has 1 atom stereocenters. The lowest BCUT2D eigenvalue weighted by Crippen LogP contribution is -1.94. The van der Waals surface area contributed by atoms with E-state index >= 15 is 0 Å². The van der Waals surface area contributed by atoms with Crippen molar-refractivity contribution >= 4 is 11.6 Å². The van der Waals surface area contributed by atoms with Crippen LogP contribution >= 0.6 is 11.6 Å². The minimum absolute atomic E-state index is 0.252. The van der Waals surface area contributed by atoms with Crippen LogP contribution in [0.3, 0.4) is 0 Å². The molecule has 0 fully saturated rings. The Labute approximate surface area is 106 Å². The Morgan fingerprint density at radius 1 is 1.06 bits per heavy atom. The van der Waals surface area contributed by atoms with E-state index in [1.807, 2.05) is 18.2 Å². The Bertz CT molecular complexity index is 491. The molecule has 0 aromatic heterocycles. The molecule has 0 bridgehead atoms. The lowest BCUT2D eigenvalue weighted by atomic mass is 10.0. The topological polar surface area (TPSA) is 0 Å². The molecule has 0 aliphatic heterocycles. The van der Waals surface area contributed by atoms with Gasteiger partial charge in [0.2, 0.25) is 0 Å². The molecular formula is C15H14ClF. The Kier molecular flexibility index (Phi) is 3.80. The number of alkyl halides is 1. The first-order valence-corrected chi connectivity index (χ1v) is 6.12. The quantitative estimate of drug-likeness (QED) is 0.690. The summed E-state index contributed by atoms with van der Waals surface area (Å²) >= 11 is 6.33. The summed E-state index contributed by atoms with van der Waals surface area (Å²) in [5.74, 6) is -0.252.